The van der Waals surface area contributed by atoms with Crippen LogP contribution in [0.3, 0.4) is 0 Å². The lowest BCUT2D eigenvalue weighted by molar-refractivity contribution is -0.143. The fourth-order valence-corrected chi connectivity index (χ4v) is 2.42. The zero-order chi connectivity index (χ0) is 17.9. The normalized spacial score (nSPS) is 11.5. The molecule has 2 rings (SSSR count). The second-order valence-electron chi connectivity index (χ2n) is 6.51. The number of benzene rings is 1. The Morgan fingerprint density at radius 2 is 1.96 bits per heavy atom. The third-order valence-corrected chi connectivity index (χ3v) is 3.36. The van der Waals surface area contributed by atoms with Gasteiger partial charge in [0.2, 0.25) is 0 Å². The molecule has 6 heteroatoms. The van der Waals surface area contributed by atoms with Crippen LogP contribution >= 0.6 is 0 Å². The van der Waals surface area contributed by atoms with E-state index in [2.05, 4.69) is 0 Å². The van der Waals surface area contributed by atoms with E-state index >= 15 is 0 Å². The highest BCUT2D eigenvalue weighted by atomic mass is 16.6. The van der Waals surface area contributed by atoms with Crippen LogP contribution in [0.4, 0.5) is 4.79 Å². The predicted octanol–water partition coefficient (Wildman–Crippen LogP) is 3.63. The maximum atomic E-state index is 12.4. The Hall–Kier alpha value is -2.50. The van der Waals surface area contributed by atoms with Crippen molar-refractivity contribution in [1.29, 1.82) is 0 Å². The van der Waals surface area contributed by atoms with E-state index in [1.54, 1.807) is 46.0 Å². The number of fused-ring (bicyclic) bond motifs is 1. The van der Waals surface area contributed by atoms with Gasteiger partial charge in [-0.05, 0) is 57.9 Å². The molecule has 1 heterocycles. The van der Waals surface area contributed by atoms with Gasteiger partial charge in [0.25, 0.3) is 0 Å². The zero-order valence-corrected chi connectivity index (χ0v) is 14.5. The Kier molecular flexibility index (Phi) is 5.17. The van der Waals surface area contributed by atoms with E-state index in [4.69, 9.17) is 9.47 Å². The number of phenols is 1. The molecule has 2 aromatic rings. The number of carbonyl (C=O) groups excluding carboxylic acids is 2. The lowest BCUT2D eigenvalue weighted by Crippen LogP contribution is -2.26. The number of carbonyl (C=O) groups is 2. The van der Waals surface area contributed by atoms with Crippen molar-refractivity contribution in [3.8, 4) is 5.75 Å². The molecule has 1 N–H and O–H groups in total. The maximum absolute atomic E-state index is 12.4. The standard InChI is InChI=1S/C18H23NO5/c1-5-23-16(21)9-6-12-11-19(17(22)24-18(2,3)4)15-8-7-13(20)10-14(12)15/h7-8,10-11,20H,5-6,9H2,1-4H3. The largest absolute Gasteiger partial charge is 0.508 e. The number of phenolic OH excluding ortho intramolecular Hbond substituents is 1. The second kappa shape index (κ2) is 6.95. The van der Waals surface area contributed by atoms with E-state index in [0.29, 0.717) is 23.9 Å². The van der Waals surface area contributed by atoms with Crippen molar-refractivity contribution < 1.29 is 24.2 Å². The SMILES string of the molecule is CCOC(=O)CCc1cn(C(=O)OC(C)(C)C)c2ccc(O)cc12. The Morgan fingerprint density at radius 1 is 1.25 bits per heavy atom. The summed E-state index contributed by atoms with van der Waals surface area (Å²) in [5, 5.41) is 10.4. The summed E-state index contributed by atoms with van der Waals surface area (Å²) < 4.78 is 11.7. The summed E-state index contributed by atoms with van der Waals surface area (Å²) in [5.74, 6) is -0.197. The molecule has 6 nitrogen and oxygen atoms in total. The second-order valence-corrected chi connectivity index (χ2v) is 6.51. The summed E-state index contributed by atoms with van der Waals surface area (Å²) in [6.07, 6.45) is 1.77. The molecule has 0 atom stereocenters. The number of nitrogens with zero attached hydrogens (tertiary/aromatic N) is 1. The van der Waals surface area contributed by atoms with Gasteiger partial charge in [0.05, 0.1) is 12.1 Å². The van der Waals surface area contributed by atoms with Gasteiger partial charge >= 0.3 is 12.1 Å². The molecule has 0 unspecified atom stereocenters. The molecule has 0 bridgehead atoms. The van der Waals surface area contributed by atoms with Crippen LogP contribution in [-0.4, -0.2) is 33.9 Å². The topological polar surface area (TPSA) is 77.8 Å². The van der Waals surface area contributed by atoms with E-state index in [9.17, 15) is 14.7 Å². The first-order valence-corrected chi connectivity index (χ1v) is 7.93. The number of hydrogen-bond acceptors (Lipinski definition) is 5. The molecule has 0 aliphatic heterocycles. The average Bonchev–Trinajstić information content (AvgIpc) is 2.82. The number of rotatable bonds is 4. The third-order valence-electron chi connectivity index (χ3n) is 3.36. The summed E-state index contributed by atoms with van der Waals surface area (Å²) in [6.45, 7) is 7.47. The molecule has 0 spiro atoms. The molecule has 0 amide bonds. The van der Waals surface area contributed by atoms with E-state index in [1.165, 1.54) is 10.6 Å². The van der Waals surface area contributed by atoms with Crippen LogP contribution < -0.4 is 0 Å². The van der Waals surface area contributed by atoms with Crippen LogP contribution in [0.5, 0.6) is 5.75 Å². The lowest BCUT2D eigenvalue weighted by Gasteiger charge is -2.19. The van der Waals surface area contributed by atoms with Crippen LogP contribution in [0.15, 0.2) is 24.4 Å². The lowest BCUT2D eigenvalue weighted by atomic mass is 10.1. The first-order chi connectivity index (χ1) is 11.2. The van der Waals surface area contributed by atoms with E-state index in [0.717, 1.165) is 5.56 Å². The van der Waals surface area contributed by atoms with Gasteiger partial charge < -0.3 is 14.6 Å². The Bertz CT molecular complexity index is 755. The van der Waals surface area contributed by atoms with Crippen LogP contribution in [0.25, 0.3) is 10.9 Å². The van der Waals surface area contributed by atoms with Crippen LogP contribution in [-0.2, 0) is 20.7 Å². The quantitative estimate of drug-likeness (QED) is 0.865. The van der Waals surface area contributed by atoms with Gasteiger partial charge in [-0.1, -0.05) is 0 Å². The number of hydrogen-bond donors (Lipinski definition) is 1. The Labute approximate surface area is 141 Å². The third kappa shape index (κ3) is 4.28. The van der Waals surface area contributed by atoms with Gasteiger partial charge in [0.1, 0.15) is 11.4 Å². The minimum absolute atomic E-state index is 0.0989. The minimum Gasteiger partial charge on any atom is -0.508 e. The molecule has 1 aromatic heterocycles. The molecule has 0 fully saturated rings. The highest BCUT2D eigenvalue weighted by Crippen LogP contribution is 2.27. The summed E-state index contributed by atoms with van der Waals surface area (Å²) in [5.41, 5.74) is 0.788. The van der Waals surface area contributed by atoms with Crippen LogP contribution in [0.1, 0.15) is 39.7 Å². The van der Waals surface area contributed by atoms with Gasteiger partial charge in [0, 0.05) is 18.0 Å². The number of aromatic hydroxyl groups is 1. The fourth-order valence-electron chi connectivity index (χ4n) is 2.42. The van der Waals surface area contributed by atoms with Crippen LogP contribution in [0.2, 0.25) is 0 Å². The molecule has 0 aliphatic carbocycles. The summed E-state index contributed by atoms with van der Waals surface area (Å²) in [7, 11) is 0. The molecule has 0 aliphatic rings. The highest BCUT2D eigenvalue weighted by Gasteiger charge is 2.21. The van der Waals surface area contributed by atoms with E-state index < -0.39 is 11.7 Å². The molecule has 24 heavy (non-hydrogen) atoms. The zero-order valence-electron chi connectivity index (χ0n) is 14.5. The monoisotopic (exact) mass is 333 g/mol. The highest BCUT2D eigenvalue weighted by molar-refractivity contribution is 5.93. The Morgan fingerprint density at radius 3 is 2.58 bits per heavy atom. The molecule has 130 valence electrons. The van der Waals surface area contributed by atoms with Crippen molar-refractivity contribution in [1.82, 2.24) is 4.57 Å². The minimum atomic E-state index is -0.615. The first kappa shape index (κ1) is 17.8. The first-order valence-electron chi connectivity index (χ1n) is 7.93. The molecule has 0 radical (unpaired) electrons. The number of aryl methyl sites for hydroxylation is 1. The van der Waals surface area contributed by atoms with Gasteiger partial charge in [-0.15, -0.1) is 0 Å². The van der Waals surface area contributed by atoms with Crippen molar-refractivity contribution >= 4 is 23.0 Å². The van der Waals surface area contributed by atoms with Crippen LogP contribution in [0, 0.1) is 0 Å². The van der Waals surface area contributed by atoms with Crippen molar-refractivity contribution in [2.75, 3.05) is 6.61 Å². The smallest absolute Gasteiger partial charge is 0.419 e. The maximum Gasteiger partial charge on any atom is 0.419 e. The predicted molar refractivity (Wildman–Crippen MR) is 90.2 cm³/mol. The van der Waals surface area contributed by atoms with Gasteiger partial charge in [-0.25, -0.2) is 4.79 Å². The summed E-state index contributed by atoms with van der Waals surface area (Å²) >= 11 is 0. The molecule has 1 aromatic carbocycles. The molecular formula is C18H23NO5. The summed E-state index contributed by atoms with van der Waals surface area (Å²) in [4.78, 5) is 24.0. The van der Waals surface area contributed by atoms with Crippen molar-refractivity contribution in [3.05, 3.63) is 30.0 Å². The number of esters is 1. The molecular weight excluding hydrogens is 310 g/mol. The number of aromatic nitrogens is 1. The van der Waals surface area contributed by atoms with Crippen molar-refractivity contribution in [3.63, 3.8) is 0 Å². The van der Waals surface area contributed by atoms with Gasteiger partial charge in [-0.2, -0.15) is 0 Å². The van der Waals surface area contributed by atoms with E-state index in [1.807, 2.05) is 0 Å². The van der Waals surface area contributed by atoms with E-state index in [-0.39, 0.29) is 18.1 Å². The van der Waals surface area contributed by atoms with Gasteiger partial charge in [0.15, 0.2) is 0 Å². The van der Waals surface area contributed by atoms with Crippen molar-refractivity contribution in [2.45, 2.75) is 46.1 Å². The molecule has 0 saturated heterocycles. The van der Waals surface area contributed by atoms with Crippen molar-refractivity contribution in [2.24, 2.45) is 0 Å². The fraction of sp³-hybridized carbons (Fsp3) is 0.444. The summed E-state index contributed by atoms with van der Waals surface area (Å²) in [6, 6.07) is 4.75. The molecule has 0 saturated carbocycles. The van der Waals surface area contributed by atoms with Gasteiger partial charge in [-0.3, -0.25) is 9.36 Å². The average molecular weight is 333 g/mol. The Balaban J connectivity index is 2.36. The number of ether oxygens (including phenoxy) is 2.